The number of benzene rings is 11. The number of hydrogen-bond acceptors (Lipinski definition) is 4. The third-order valence-electron chi connectivity index (χ3n) is 14.8. The summed E-state index contributed by atoms with van der Waals surface area (Å²) in [5.74, 6) is 1.76. The predicted molar refractivity (Wildman–Crippen MR) is 302 cm³/mol. The van der Waals surface area contributed by atoms with Gasteiger partial charge in [-0.05, 0) is 120 Å². The van der Waals surface area contributed by atoms with Gasteiger partial charge in [0, 0.05) is 27.5 Å². The maximum atomic E-state index is 6.68. The summed E-state index contributed by atoms with van der Waals surface area (Å²) in [6, 6.07) is 97.2. The van der Waals surface area contributed by atoms with Crippen LogP contribution >= 0.6 is 0 Å². The highest BCUT2D eigenvalue weighted by Gasteiger charge is 2.46. The van der Waals surface area contributed by atoms with Gasteiger partial charge >= 0.3 is 0 Å². The minimum absolute atomic E-state index is 0.574. The first-order valence-corrected chi connectivity index (χ1v) is 25.2. The summed E-state index contributed by atoms with van der Waals surface area (Å²) in [5.41, 5.74) is 19.8. The lowest BCUT2D eigenvalue weighted by molar-refractivity contribution is 0.669. The minimum Gasteiger partial charge on any atom is -0.456 e. The lowest BCUT2D eigenvalue weighted by Gasteiger charge is -2.34. The van der Waals surface area contributed by atoms with Crippen LogP contribution in [0.2, 0.25) is 0 Å². The number of hydrogen-bond donors (Lipinski definition) is 0. The number of aromatic nitrogens is 3. The van der Waals surface area contributed by atoms with Gasteiger partial charge in [-0.15, -0.1) is 0 Å². The van der Waals surface area contributed by atoms with E-state index in [1.54, 1.807) is 0 Å². The number of nitrogens with zero attached hydrogens (tertiary/aromatic N) is 3. The molecule has 13 aromatic rings. The normalized spacial score (nSPS) is 12.4. The van der Waals surface area contributed by atoms with Gasteiger partial charge in [-0.2, -0.15) is 0 Å². The Morgan fingerprint density at radius 3 is 1.36 bits per heavy atom. The Bertz CT molecular complexity index is 4180. The average Bonchev–Trinajstić information content (AvgIpc) is 4.09. The van der Waals surface area contributed by atoms with Crippen LogP contribution in [0, 0.1) is 0 Å². The molecule has 0 atom stereocenters. The van der Waals surface area contributed by atoms with E-state index < -0.39 is 5.41 Å². The van der Waals surface area contributed by atoms with E-state index in [0.29, 0.717) is 17.5 Å². The van der Waals surface area contributed by atoms with E-state index in [2.05, 4.69) is 249 Å². The first-order valence-electron chi connectivity index (χ1n) is 25.2. The van der Waals surface area contributed by atoms with Gasteiger partial charge < -0.3 is 4.42 Å². The van der Waals surface area contributed by atoms with Crippen LogP contribution in [0.5, 0.6) is 0 Å². The van der Waals surface area contributed by atoms with Crippen molar-refractivity contribution in [2.75, 3.05) is 0 Å². The Hall–Kier alpha value is -9.77. The summed E-state index contributed by atoms with van der Waals surface area (Å²) in [5, 5.41) is 2.12. The van der Waals surface area contributed by atoms with Gasteiger partial charge in [0.15, 0.2) is 17.5 Å². The van der Waals surface area contributed by atoms with Gasteiger partial charge in [-0.1, -0.05) is 231 Å². The van der Waals surface area contributed by atoms with Crippen molar-refractivity contribution in [2.24, 2.45) is 0 Å². The van der Waals surface area contributed by atoms with E-state index in [9.17, 15) is 0 Å². The fraction of sp³-hybridized carbons (Fsp3) is 0.0143. The Morgan fingerprint density at radius 2 is 0.703 bits per heavy atom. The van der Waals surface area contributed by atoms with Gasteiger partial charge in [0.05, 0.1) is 5.41 Å². The molecule has 2 aromatic heterocycles. The molecular formula is C70H45N3O. The van der Waals surface area contributed by atoms with Crippen molar-refractivity contribution < 1.29 is 4.42 Å². The fourth-order valence-electron chi connectivity index (χ4n) is 11.4. The predicted octanol–water partition coefficient (Wildman–Crippen LogP) is 17.8. The van der Waals surface area contributed by atoms with E-state index in [4.69, 9.17) is 19.4 Å². The zero-order chi connectivity index (χ0) is 49.0. The summed E-state index contributed by atoms with van der Waals surface area (Å²) in [7, 11) is 0. The van der Waals surface area contributed by atoms with Crippen LogP contribution in [0.15, 0.2) is 277 Å². The molecule has 0 aliphatic heterocycles. The second kappa shape index (κ2) is 17.8. The minimum atomic E-state index is -0.585. The molecule has 0 amide bonds. The zero-order valence-electron chi connectivity index (χ0n) is 40.2. The molecule has 0 N–H and O–H groups in total. The topological polar surface area (TPSA) is 51.8 Å². The van der Waals surface area contributed by atoms with E-state index in [0.717, 1.165) is 83.1 Å². The van der Waals surface area contributed by atoms with Crippen molar-refractivity contribution in [3.8, 4) is 89.8 Å². The van der Waals surface area contributed by atoms with Crippen LogP contribution in [0.1, 0.15) is 22.3 Å². The van der Waals surface area contributed by atoms with E-state index in [1.807, 2.05) is 24.3 Å². The van der Waals surface area contributed by atoms with Crippen LogP contribution in [0.3, 0.4) is 0 Å². The molecule has 74 heavy (non-hydrogen) atoms. The zero-order valence-corrected chi connectivity index (χ0v) is 40.2. The summed E-state index contributed by atoms with van der Waals surface area (Å²) in [6.07, 6.45) is 0. The molecule has 0 spiro atoms. The van der Waals surface area contributed by atoms with E-state index in [-0.39, 0.29) is 0 Å². The maximum Gasteiger partial charge on any atom is 0.164 e. The second-order valence-electron chi connectivity index (χ2n) is 19.1. The average molecular weight is 944 g/mol. The maximum absolute atomic E-state index is 6.68. The van der Waals surface area contributed by atoms with Crippen molar-refractivity contribution in [1.29, 1.82) is 0 Å². The van der Waals surface area contributed by atoms with Gasteiger partial charge in [0.2, 0.25) is 0 Å². The van der Waals surface area contributed by atoms with Crippen molar-refractivity contribution >= 4 is 21.9 Å². The van der Waals surface area contributed by atoms with Crippen molar-refractivity contribution in [3.63, 3.8) is 0 Å². The van der Waals surface area contributed by atoms with E-state index >= 15 is 0 Å². The molecule has 0 saturated heterocycles. The van der Waals surface area contributed by atoms with Crippen LogP contribution in [0.25, 0.3) is 112 Å². The monoisotopic (exact) mass is 943 g/mol. The first kappa shape index (κ1) is 43.1. The van der Waals surface area contributed by atoms with Crippen molar-refractivity contribution in [2.45, 2.75) is 5.41 Å². The molecule has 346 valence electrons. The molecule has 1 aliphatic carbocycles. The molecule has 0 bridgehead atoms. The quantitative estimate of drug-likeness (QED) is 0.145. The number of fused-ring (bicyclic) bond motifs is 6. The molecule has 0 unspecified atom stereocenters. The van der Waals surface area contributed by atoms with Crippen LogP contribution < -0.4 is 0 Å². The lowest BCUT2D eigenvalue weighted by atomic mass is 9.67. The van der Waals surface area contributed by atoms with Crippen LogP contribution in [-0.2, 0) is 5.41 Å². The first-order chi connectivity index (χ1) is 36.7. The smallest absolute Gasteiger partial charge is 0.164 e. The lowest BCUT2D eigenvalue weighted by Crippen LogP contribution is -2.28. The number of rotatable bonds is 9. The molecule has 0 fully saturated rings. The Kier molecular flexibility index (Phi) is 10.4. The van der Waals surface area contributed by atoms with Crippen LogP contribution in [-0.4, -0.2) is 15.0 Å². The third kappa shape index (κ3) is 7.26. The highest BCUT2D eigenvalue weighted by Crippen LogP contribution is 2.56. The van der Waals surface area contributed by atoms with Gasteiger partial charge in [0.1, 0.15) is 11.2 Å². The molecular weight excluding hydrogens is 899 g/mol. The highest BCUT2D eigenvalue weighted by atomic mass is 16.3. The number of para-hydroxylation sites is 1. The SMILES string of the molecule is c1ccc(-c2ccc(-c3cc(-c4nc(-c5ccccc5)nc(-c5cccc(C6(c7ccccc7)c7ccccc7-c7ccccc76)c5)n4)cc(-c4cc(-c5ccccc5)cc5oc6ccccc6c45)c3)cc2)cc1. The molecule has 0 saturated carbocycles. The highest BCUT2D eigenvalue weighted by molar-refractivity contribution is 6.14. The molecule has 2 heterocycles. The number of furan rings is 1. The molecule has 0 radical (unpaired) electrons. The molecule has 4 nitrogen and oxygen atoms in total. The molecule has 1 aliphatic rings. The van der Waals surface area contributed by atoms with E-state index in [1.165, 1.54) is 33.4 Å². The van der Waals surface area contributed by atoms with Gasteiger partial charge in [-0.3, -0.25) is 0 Å². The fourth-order valence-corrected chi connectivity index (χ4v) is 11.4. The Balaban J connectivity index is 1.00. The van der Waals surface area contributed by atoms with Gasteiger partial charge in [0.25, 0.3) is 0 Å². The van der Waals surface area contributed by atoms with Crippen molar-refractivity contribution in [1.82, 2.24) is 15.0 Å². The van der Waals surface area contributed by atoms with Gasteiger partial charge in [-0.25, -0.2) is 15.0 Å². The Morgan fingerprint density at radius 1 is 0.257 bits per heavy atom. The molecule has 4 heteroatoms. The molecule has 11 aromatic carbocycles. The van der Waals surface area contributed by atoms with Crippen molar-refractivity contribution in [3.05, 3.63) is 295 Å². The summed E-state index contributed by atoms with van der Waals surface area (Å²) < 4.78 is 6.68. The largest absolute Gasteiger partial charge is 0.456 e. The Labute approximate surface area is 429 Å². The van der Waals surface area contributed by atoms with Crippen LogP contribution in [0.4, 0.5) is 0 Å². The molecule has 14 rings (SSSR count). The standard InChI is InChI=1S/C70H45N3O/c1-5-20-46(21-6-1)48-36-38-49(39-37-48)52-40-54(61-44-53(47-22-7-2-8-23-47)45-65-66(61)60-32-15-18-35-64(60)74-65)42-55(41-52)69-72-67(50-24-9-3-10-25-50)71-68(73-69)51-26-19-29-57(43-51)70(56-27-11-4-12-28-56)62-33-16-13-30-58(62)59-31-14-17-34-63(59)70/h1-45H. The second-order valence-corrected chi connectivity index (χ2v) is 19.1. The summed E-state index contributed by atoms with van der Waals surface area (Å²) in [6.45, 7) is 0. The summed E-state index contributed by atoms with van der Waals surface area (Å²) in [4.78, 5) is 16.2. The summed E-state index contributed by atoms with van der Waals surface area (Å²) >= 11 is 0. The third-order valence-corrected chi connectivity index (χ3v) is 14.8.